The average molecular weight is 380 g/mol. The zero-order valence-corrected chi connectivity index (χ0v) is 15.4. The summed E-state index contributed by atoms with van der Waals surface area (Å²) in [5.41, 5.74) is 1.43. The lowest BCUT2D eigenvalue weighted by Crippen LogP contribution is -2.38. The smallest absolute Gasteiger partial charge is 0.254 e. The first-order valence-corrected chi connectivity index (χ1v) is 9.37. The second-order valence-corrected chi connectivity index (χ2v) is 7.04. The van der Waals surface area contributed by atoms with Gasteiger partial charge in [0.15, 0.2) is 0 Å². The molecule has 0 saturated carbocycles. The number of carbonyl (C=O) groups excluding carboxylic acids is 1. The number of carbonyl (C=O) groups is 1. The van der Waals surface area contributed by atoms with Gasteiger partial charge in [0.2, 0.25) is 0 Å². The molecule has 2 aromatic carbocycles. The highest BCUT2D eigenvalue weighted by Crippen LogP contribution is 2.18. The first-order valence-electron chi connectivity index (χ1n) is 9.37. The Morgan fingerprint density at radius 1 is 1.18 bits per heavy atom. The first-order chi connectivity index (χ1) is 13.6. The average Bonchev–Trinajstić information content (AvgIpc) is 3.21. The molecule has 1 atom stereocenters. The number of nitrogens with one attached hydrogen (secondary N) is 1. The summed E-state index contributed by atoms with van der Waals surface area (Å²) < 4.78 is 18.9. The Bertz CT molecular complexity index is 1040. The van der Waals surface area contributed by atoms with Crippen molar-refractivity contribution in [2.75, 3.05) is 13.2 Å². The molecule has 0 radical (unpaired) electrons. The fourth-order valence-electron chi connectivity index (χ4n) is 3.54. The van der Waals surface area contributed by atoms with Crippen molar-refractivity contribution in [2.24, 2.45) is 0 Å². The van der Waals surface area contributed by atoms with E-state index in [9.17, 15) is 14.0 Å². The molecule has 4 rings (SSSR count). The molecule has 3 aromatic rings. The molecule has 1 saturated heterocycles. The molecular weight excluding hydrogens is 359 g/mol. The molecule has 6 heteroatoms. The second-order valence-electron chi connectivity index (χ2n) is 7.04. The number of nitrogens with zero attached hydrogens (tertiary/aromatic N) is 1. The zero-order valence-electron chi connectivity index (χ0n) is 15.4. The van der Waals surface area contributed by atoms with Crippen molar-refractivity contribution in [1.82, 2.24) is 9.88 Å². The number of para-hydroxylation sites is 1. The minimum atomic E-state index is -0.395. The van der Waals surface area contributed by atoms with Gasteiger partial charge in [-0.2, -0.15) is 0 Å². The van der Waals surface area contributed by atoms with Crippen molar-refractivity contribution in [2.45, 2.75) is 25.5 Å². The fourth-order valence-corrected chi connectivity index (χ4v) is 3.54. The molecule has 144 valence electrons. The van der Waals surface area contributed by atoms with Crippen LogP contribution in [0.5, 0.6) is 0 Å². The van der Waals surface area contributed by atoms with Gasteiger partial charge in [-0.3, -0.25) is 9.59 Å². The van der Waals surface area contributed by atoms with Crippen LogP contribution in [-0.4, -0.2) is 35.0 Å². The molecular formula is C22H21FN2O3. The van der Waals surface area contributed by atoms with E-state index in [1.54, 1.807) is 4.90 Å². The van der Waals surface area contributed by atoms with Crippen molar-refractivity contribution in [3.05, 3.63) is 81.9 Å². The second kappa shape index (κ2) is 7.94. The Balaban J connectivity index is 1.65. The molecule has 0 spiro atoms. The standard InChI is InChI=1S/C22H21FN2O3/c23-18-9-7-15(8-10-18)22(27)25(14-19-5-3-11-28-19)13-17-12-16-4-1-2-6-20(16)24-21(17)26/h1-2,4,6-10,12,19H,3,5,11,13-14H2,(H,24,26)/t19-/m1/s1. The highest BCUT2D eigenvalue weighted by Gasteiger charge is 2.24. The summed E-state index contributed by atoms with van der Waals surface area (Å²) >= 11 is 0. The van der Waals surface area contributed by atoms with E-state index in [1.165, 1.54) is 24.3 Å². The lowest BCUT2D eigenvalue weighted by molar-refractivity contribution is 0.0506. The maximum absolute atomic E-state index is 13.2. The number of amides is 1. The first kappa shape index (κ1) is 18.4. The summed E-state index contributed by atoms with van der Waals surface area (Å²) in [5, 5.41) is 0.906. The number of pyridine rings is 1. The van der Waals surface area contributed by atoms with E-state index in [1.807, 2.05) is 30.3 Å². The maximum atomic E-state index is 13.2. The molecule has 1 aromatic heterocycles. The Kier molecular flexibility index (Phi) is 5.21. The van der Waals surface area contributed by atoms with Gasteiger partial charge in [0, 0.05) is 29.8 Å². The molecule has 28 heavy (non-hydrogen) atoms. The Morgan fingerprint density at radius 2 is 1.96 bits per heavy atom. The van der Waals surface area contributed by atoms with Gasteiger partial charge in [-0.15, -0.1) is 0 Å². The molecule has 0 unspecified atom stereocenters. The van der Waals surface area contributed by atoms with Crippen molar-refractivity contribution in [1.29, 1.82) is 0 Å². The zero-order chi connectivity index (χ0) is 19.5. The molecule has 1 N–H and O–H groups in total. The molecule has 0 aliphatic carbocycles. The summed E-state index contributed by atoms with van der Waals surface area (Å²) in [6.45, 7) is 1.23. The van der Waals surface area contributed by atoms with E-state index in [0.717, 1.165) is 23.7 Å². The van der Waals surface area contributed by atoms with Crippen molar-refractivity contribution in [3.63, 3.8) is 0 Å². The summed E-state index contributed by atoms with van der Waals surface area (Å²) in [5.74, 6) is -0.642. The van der Waals surface area contributed by atoms with Crippen LogP contribution in [-0.2, 0) is 11.3 Å². The molecule has 0 bridgehead atoms. The number of hydrogen-bond donors (Lipinski definition) is 1. The van der Waals surface area contributed by atoms with E-state index in [0.29, 0.717) is 24.3 Å². The summed E-state index contributed by atoms with van der Waals surface area (Å²) in [6, 6.07) is 14.8. The fraction of sp³-hybridized carbons (Fsp3) is 0.273. The Morgan fingerprint density at radius 3 is 2.71 bits per heavy atom. The van der Waals surface area contributed by atoms with Crippen LogP contribution >= 0.6 is 0 Å². The molecule has 1 amide bonds. The van der Waals surface area contributed by atoms with Crippen LogP contribution in [0.15, 0.2) is 59.4 Å². The van der Waals surface area contributed by atoms with Gasteiger partial charge in [-0.25, -0.2) is 4.39 Å². The SMILES string of the molecule is O=C(c1ccc(F)cc1)N(Cc1cc2ccccc2[nH]c1=O)C[C@H]1CCCO1. The molecule has 1 aliphatic rings. The van der Waals surface area contributed by atoms with Gasteiger partial charge in [-0.05, 0) is 54.6 Å². The van der Waals surface area contributed by atoms with Crippen LogP contribution in [0.3, 0.4) is 0 Å². The Hall–Kier alpha value is -2.99. The number of aromatic nitrogens is 1. The number of rotatable bonds is 5. The number of aromatic amines is 1. The monoisotopic (exact) mass is 380 g/mol. The van der Waals surface area contributed by atoms with Gasteiger partial charge in [0.05, 0.1) is 12.6 Å². The summed E-state index contributed by atoms with van der Waals surface area (Å²) in [4.78, 5) is 30.1. The minimum absolute atomic E-state index is 0.0519. The number of halogens is 1. The topological polar surface area (TPSA) is 62.4 Å². The number of H-pyrrole nitrogens is 1. The van der Waals surface area contributed by atoms with Crippen LogP contribution in [0.25, 0.3) is 10.9 Å². The van der Waals surface area contributed by atoms with E-state index >= 15 is 0 Å². The Labute approximate surface area is 161 Å². The van der Waals surface area contributed by atoms with Gasteiger partial charge >= 0.3 is 0 Å². The van der Waals surface area contributed by atoms with E-state index in [-0.39, 0.29) is 24.1 Å². The van der Waals surface area contributed by atoms with E-state index < -0.39 is 5.82 Å². The van der Waals surface area contributed by atoms with Gasteiger partial charge < -0.3 is 14.6 Å². The summed E-state index contributed by atoms with van der Waals surface area (Å²) in [6.07, 6.45) is 1.78. The third-order valence-electron chi connectivity index (χ3n) is 5.02. The highest BCUT2D eigenvalue weighted by molar-refractivity contribution is 5.94. The van der Waals surface area contributed by atoms with Gasteiger partial charge in [0.1, 0.15) is 5.82 Å². The van der Waals surface area contributed by atoms with Crippen molar-refractivity contribution in [3.8, 4) is 0 Å². The number of ether oxygens (including phenoxy) is 1. The minimum Gasteiger partial charge on any atom is -0.376 e. The van der Waals surface area contributed by atoms with Crippen LogP contribution in [0.1, 0.15) is 28.8 Å². The van der Waals surface area contributed by atoms with Gasteiger partial charge in [-0.1, -0.05) is 18.2 Å². The van der Waals surface area contributed by atoms with Crippen LogP contribution in [0.4, 0.5) is 4.39 Å². The number of benzene rings is 2. The largest absolute Gasteiger partial charge is 0.376 e. The summed E-state index contributed by atoms with van der Waals surface area (Å²) in [7, 11) is 0. The van der Waals surface area contributed by atoms with Crippen LogP contribution in [0.2, 0.25) is 0 Å². The molecule has 1 aliphatic heterocycles. The molecule has 2 heterocycles. The third kappa shape index (κ3) is 3.97. The normalized spacial score (nSPS) is 16.4. The maximum Gasteiger partial charge on any atom is 0.254 e. The van der Waals surface area contributed by atoms with Crippen molar-refractivity contribution < 1.29 is 13.9 Å². The van der Waals surface area contributed by atoms with Gasteiger partial charge in [0.25, 0.3) is 11.5 Å². The lowest BCUT2D eigenvalue weighted by atomic mass is 10.1. The lowest BCUT2D eigenvalue weighted by Gasteiger charge is -2.25. The van der Waals surface area contributed by atoms with E-state index in [4.69, 9.17) is 4.74 Å². The molecule has 5 nitrogen and oxygen atoms in total. The highest BCUT2D eigenvalue weighted by atomic mass is 19.1. The quantitative estimate of drug-likeness (QED) is 0.737. The predicted octanol–water partition coefficient (Wildman–Crippen LogP) is 3.49. The number of hydrogen-bond acceptors (Lipinski definition) is 3. The third-order valence-corrected chi connectivity index (χ3v) is 5.02. The number of fused-ring (bicyclic) bond motifs is 1. The van der Waals surface area contributed by atoms with Crippen molar-refractivity contribution >= 4 is 16.8 Å². The van der Waals surface area contributed by atoms with E-state index in [2.05, 4.69) is 4.98 Å². The van der Waals surface area contributed by atoms with Crippen LogP contribution < -0.4 is 5.56 Å². The molecule has 1 fully saturated rings. The predicted molar refractivity (Wildman–Crippen MR) is 105 cm³/mol. The van der Waals surface area contributed by atoms with Crippen LogP contribution in [0, 0.1) is 5.82 Å².